The van der Waals surface area contributed by atoms with Crippen LogP contribution >= 0.6 is 56.5 Å². The lowest BCUT2D eigenvalue weighted by atomic mass is 9.93. The molecule has 10 heteroatoms. The molecule has 4 aromatic rings. The van der Waals surface area contributed by atoms with E-state index in [4.69, 9.17) is 19.2 Å². The van der Waals surface area contributed by atoms with E-state index in [1.54, 1.807) is 25.7 Å². The van der Waals surface area contributed by atoms with Gasteiger partial charge in [-0.15, -0.1) is 0 Å². The zero-order valence-corrected chi connectivity index (χ0v) is 26.9. The summed E-state index contributed by atoms with van der Waals surface area (Å²) in [6.45, 7) is 1.94. The summed E-state index contributed by atoms with van der Waals surface area (Å²) in [7, 11) is 3.20. The lowest BCUT2D eigenvalue weighted by molar-refractivity contribution is -0.138. The van der Waals surface area contributed by atoms with Gasteiger partial charge >= 0.3 is 5.97 Å². The van der Waals surface area contributed by atoms with E-state index in [0.717, 1.165) is 18.3 Å². The molecule has 1 aliphatic rings. The van der Waals surface area contributed by atoms with E-state index in [1.807, 2.05) is 72.8 Å². The van der Waals surface area contributed by atoms with Crippen molar-refractivity contribution < 1.29 is 19.0 Å². The molecule has 40 heavy (non-hydrogen) atoms. The molecule has 0 radical (unpaired) electrons. The minimum atomic E-state index is -0.777. The second kappa shape index (κ2) is 12.3. The fourth-order valence-electron chi connectivity index (χ4n) is 4.61. The van der Waals surface area contributed by atoms with Crippen molar-refractivity contribution in [2.24, 2.45) is 4.99 Å². The van der Waals surface area contributed by atoms with E-state index in [0.29, 0.717) is 37.7 Å². The summed E-state index contributed by atoms with van der Waals surface area (Å²) in [6.07, 6.45) is 1.83. The first-order valence-electron chi connectivity index (χ1n) is 12.3. The maximum Gasteiger partial charge on any atom is 0.338 e. The van der Waals surface area contributed by atoms with Crippen LogP contribution in [0, 0.1) is 7.14 Å². The first-order chi connectivity index (χ1) is 19.4. The predicted molar refractivity (Wildman–Crippen MR) is 172 cm³/mol. The standard InChI is InChI=1S/C30H24I2N2O5S/c1-4-39-29(36)24-25(17-9-6-5-7-10-17)33-30-34(26(24)18-11-8-12-21(14-18)37-2)28(35)23(40-30)15-19-13-20(31)16-22(32)27(19)38-3/h5-16,26H,4H2,1-3H3/b23-15-/t26-/m1/s1. The highest BCUT2D eigenvalue weighted by Gasteiger charge is 2.35. The third-order valence-electron chi connectivity index (χ3n) is 6.31. The van der Waals surface area contributed by atoms with E-state index in [9.17, 15) is 9.59 Å². The van der Waals surface area contributed by atoms with Gasteiger partial charge in [0.25, 0.3) is 5.56 Å². The highest BCUT2D eigenvalue weighted by molar-refractivity contribution is 14.1. The highest BCUT2D eigenvalue weighted by Crippen LogP contribution is 2.36. The molecule has 0 bridgehead atoms. The van der Waals surface area contributed by atoms with Crippen LogP contribution in [0.4, 0.5) is 0 Å². The number of aromatic nitrogens is 1. The van der Waals surface area contributed by atoms with Crippen molar-refractivity contribution in [1.82, 2.24) is 4.57 Å². The van der Waals surface area contributed by atoms with Crippen LogP contribution in [0.25, 0.3) is 11.8 Å². The largest absolute Gasteiger partial charge is 0.497 e. The molecule has 5 rings (SSSR count). The Kier molecular flexibility index (Phi) is 8.76. The molecule has 0 saturated carbocycles. The third kappa shape index (κ3) is 5.48. The average Bonchev–Trinajstić information content (AvgIpc) is 3.26. The second-order valence-corrected chi connectivity index (χ2v) is 12.1. The van der Waals surface area contributed by atoms with E-state index in [2.05, 4.69) is 45.2 Å². The van der Waals surface area contributed by atoms with Gasteiger partial charge in [-0.2, -0.15) is 0 Å². The fourth-order valence-corrected chi connectivity index (χ4v) is 7.71. The number of rotatable bonds is 7. The minimum absolute atomic E-state index is 0.185. The average molecular weight is 778 g/mol. The summed E-state index contributed by atoms with van der Waals surface area (Å²) < 4.78 is 20.7. The molecule has 3 aromatic carbocycles. The molecular formula is C30H24I2N2O5S. The summed E-state index contributed by atoms with van der Waals surface area (Å²) in [5.74, 6) is 0.772. The van der Waals surface area contributed by atoms with Crippen molar-refractivity contribution in [1.29, 1.82) is 0 Å². The number of hydrogen-bond acceptors (Lipinski definition) is 7. The highest BCUT2D eigenvalue weighted by atomic mass is 127. The van der Waals surface area contributed by atoms with Gasteiger partial charge in [-0.25, -0.2) is 9.79 Å². The Morgan fingerprint density at radius 2 is 1.82 bits per heavy atom. The lowest BCUT2D eigenvalue weighted by Gasteiger charge is -2.26. The van der Waals surface area contributed by atoms with E-state index in [-0.39, 0.29) is 12.2 Å². The first-order valence-corrected chi connectivity index (χ1v) is 15.3. The van der Waals surface area contributed by atoms with Gasteiger partial charge in [0.2, 0.25) is 0 Å². The molecule has 2 heterocycles. The van der Waals surface area contributed by atoms with Gasteiger partial charge in [0.15, 0.2) is 4.80 Å². The van der Waals surface area contributed by atoms with Gasteiger partial charge in [-0.1, -0.05) is 53.8 Å². The van der Waals surface area contributed by atoms with Gasteiger partial charge < -0.3 is 14.2 Å². The SMILES string of the molecule is CCOC(=O)C1=C(c2ccccc2)N=c2s/c(=C\c3cc(I)cc(I)c3OC)c(=O)n2[C@@H]1c1cccc(OC)c1. The first kappa shape index (κ1) is 28.6. The normalized spacial score (nSPS) is 14.9. The number of hydrogen-bond donors (Lipinski definition) is 0. The van der Waals surface area contributed by atoms with Crippen LogP contribution in [0.5, 0.6) is 11.5 Å². The Morgan fingerprint density at radius 1 is 1.05 bits per heavy atom. The van der Waals surface area contributed by atoms with Crippen LogP contribution in [-0.4, -0.2) is 31.4 Å². The van der Waals surface area contributed by atoms with Gasteiger partial charge in [0, 0.05) is 14.7 Å². The molecule has 0 amide bonds. The van der Waals surface area contributed by atoms with Crippen molar-refractivity contribution in [2.45, 2.75) is 13.0 Å². The zero-order chi connectivity index (χ0) is 28.4. The molecule has 204 valence electrons. The molecule has 1 aromatic heterocycles. The van der Waals surface area contributed by atoms with Crippen LogP contribution < -0.4 is 24.4 Å². The summed E-state index contributed by atoms with van der Waals surface area (Å²) in [6, 6.07) is 20.1. The molecule has 0 aliphatic carbocycles. The van der Waals surface area contributed by atoms with Crippen LogP contribution in [0.2, 0.25) is 0 Å². The number of esters is 1. The van der Waals surface area contributed by atoms with E-state index < -0.39 is 12.0 Å². The molecule has 7 nitrogen and oxygen atoms in total. The van der Waals surface area contributed by atoms with Crippen molar-refractivity contribution in [2.75, 3.05) is 20.8 Å². The minimum Gasteiger partial charge on any atom is -0.497 e. The van der Waals surface area contributed by atoms with Gasteiger partial charge in [0.1, 0.15) is 11.5 Å². The lowest BCUT2D eigenvalue weighted by Crippen LogP contribution is -2.40. The number of ether oxygens (including phenoxy) is 3. The maximum atomic E-state index is 14.1. The number of carbonyl (C=O) groups excluding carboxylic acids is 1. The summed E-state index contributed by atoms with van der Waals surface area (Å²) in [4.78, 5) is 33.1. The second-order valence-electron chi connectivity index (χ2n) is 8.72. The Hall–Kier alpha value is -2.97. The Bertz CT molecular complexity index is 1810. The summed E-state index contributed by atoms with van der Waals surface area (Å²) in [5, 5.41) is 0. The van der Waals surface area contributed by atoms with Crippen LogP contribution in [0.15, 0.2) is 82.1 Å². The number of fused-ring (bicyclic) bond motifs is 1. The number of methoxy groups -OCH3 is 2. The predicted octanol–water partition coefficient (Wildman–Crippen LogP) is 5.16. The zero-order valence-electron chi connectivity index (χ0n) is 21.8. The molecule has 0 fully saturated rings. The molecule has 0 N–H and O–H groups in total. The Morgan fingerprint density at radius 3 is 2.52 bits per heavy atom. The number of nitrogens with zero attached hydrogens (tertiary/aromatic N) is 2. The molecule has 1 aliphatic heterocycles. The maximum absolute atomic E-state index is 14.1. The Balaban J connectivity index is 1.86. The molecule has 0 unspecified atom stereocenters. The quantitative estimate of drug-likeness (QED) is 0.192. The molecule has 0 spiro atoms. The smallest absolute Gasteiger partial charge is 0.338 e. The number of benzene rings is 3. The molecule has 0 saturated heterocycles. The van der Waals surface area contributed by atoms with Crippen LogP contribution in [-0.2, 0) is 9.53 Å². The van der Waals surface area contributed by atoms with Gasteiger partial charge in [-0.05, 0) is 88.0 Å². The molecular weight excluding hydrogens is 754 g/mol. The van der Waals surface area contributed by atoms with Crippen molar-refractivity contribution in [3.8, 4) is 11.5 Å². The van der Waals surface area contributed by atoms with Crippen molar-refractivity contribution in [3.63, 3.8) is 0 Å². The van der Waals surface area contributed by atoms with Crippen LogP contribution in [0.3, 0.4) is 0 Å². The van der Waals surface area contributed by atoms with Crippen LogP contribution in [0.1, 0.15) is 29.7 Å². The Labute approximate surface area is 262 Å². The summed E-state index contributed by atoms with van der Waals surface area (Å²) >= 11 is 5.75. The van der Waals surface area contributed by atoms with Crippen molar-refractivity contribution in [3.05, 3.63) is 116 Å². The van der Waals surface area contributed by atoms with Crippen molar-refractivity contribution >= 4 is 74.3 Å². The topological polar surface area (TPSA) is 79.1 Å². The van der Waals surface area contributed by atoms with Gasteiger partial charge in [0.05, 0.1) is 46.2 Å². The van der Waals surface area contributed by atoms with E-state index in [1.165, 1.54) is 11.3 Å². The fraction of sp³-hybridized carbons (Fsp3) is 0.167. The number of carbonyl (C=O) groups is 1. The van der Waals surface area contributed by atoms with E-state index >= 15 is 0 Å². The number of halogens is 2. The monoisotopic (exact) mass is 778 g/mol. The molecule has 1 atom stereocenters. The third-order valence-corrected chi connectivity index (χ3v) is 8.72. The van der Waals surface area contributed by atoms with Gasteiger partial charge in [-0.3, -0.25) is 9.36 Å². The summed E-state index contributed by atoms with van der Waals surface area (Å²) in [5.41, 5.74) is 2.75. The number of thiazole rings is 1.